The van der Waals surface area contributed by atoms with Crippen molar-refractivity contribution in [3.8, 4) is 0 Å². The maximum absolute atomic E-state index is 12.8. The lowest BCUT2D eigenvalue weighted by molar-refractivity contribution is -0.269. The highest BCUT2D eigenvalue weighted by atomic mass is 28.4. The molecule has 16 heavy (non-hydrogen) atoms. The Hall–Kier alpha value is -0.653. The molecule has 0 bridgehead atoms. The van der Waals surface area contributed by atoms with Gasteiger partial charge < -0.3 is 9.16 Å². The van der Waals surface area contributed by atoms with Gasteiger partial charge in [-0.3, -0.25) is 0 Å². The van der Waals surface area contributed by atoms with Crippen LogP contribution >= 0.6 is 0 Å². The molecule has 0 N–H and O–H groups in total. The van der Waals surface area contributed by atoms with Crippen LogP contribution in [0.15, 0.2) is 12.0 Å². The Morgan fingerprint density at radius 1 is 1.38 bits per heavy atom. The van der Waals surface area contributed by atoms with E-state index in [0.717, 1.165) is 6.92 Å². The summed E-state index contributed by atoms with van der Waals surface area (Å²) in [6.45, 7) is 8.21. The van der Waals surface area contributed by atoms with Crippen LogP contribution in [0.1, 0.15) is 13.8 Å². The van der Waals surface area contributed by atoms with Crippen LogP contribution in [0.25, 0.3) is 0 Å². The summed E-state index contributed by atoms with van der Waals surface area (Å²) in [6.07, 6.45) is -2.99. The Bertz CT molecular complexity index is 306. The minimum absolute atomic E-state index is 0.0199. The number of halogens is 3. The first-order valence-corrected chi connectivity index (χ1v) is 8.53. The van der Waals surface area contributed by atoms with Gasteiger partial charge in [-0.2, -0.15) is 13.2 Å². The van der Waals surface area contributed by atoms with E-state index >= 15 is 0 Å². The van der Waals surface area contributed by atoms with Crippen LogP contribution in [0.3, 0.4) is 0 Å². The van der Waals surface area contributed by atoms with Crippen LogP contribution < -0.4 is 0 Å². The van der Waals surface area contributed by atoms with Crippen molar-refractivity contribution >= 4 is 8.32 Å². The van der Waals surface area contributed by atoms with Crippen LogP contribution in [0.5, 0.6) is 0 Å². The van der Waals surface area contributed by atoms with E-state index in [1.165, 1.54) is 13.0 Å². The molecule has 0 aromatic rings. The fourth-order valence-electron chi connectivity index (χ4n) is 1.37. The summed E-state index contributed by atoms with van der Waals surface area (Å²) in [4.78, 5) is 0. The fourth-order valence-corrected chi connectivity index (χ4v) is 2.08. The van der Waals surface area contributed by atoms with Crippen molar-refractivity contribution in [2.24, 2.45) is 5.92 Å². The smallest absolute Gasteiger partial charge is 0.428 e. The Morgan fingerprint density at radius 2 is 1.88 bits per heavy atom. The van der Waals surface area contributed by atoms with Crippen LogP contribution in [-0.4, -0.2) is 20.1 Å². The normalized spacial score (nSPS) is 31.0. The lowest BCUT2D eigenvalue weighted by Crippen LogP contribution is -2.46. The van der Waals surface area contributed by atoms with Crippen molar-refractivity contribution in [1.82, 2.24) is 0 Å². The van der Waals surface area contributed by atoms with Crippen molar-refractivity contribution < 1.29 is 22.3 Å². The third-order valence-corrected chi connectivity index (χ3v) is 3.35. The number of alkyl halides is 3. The van der Waals surface area contributed by atoms with Crippen LogP contribution in [0, 0.1) is 5.92 Å². The lowest BCUT2D eigenvalue weighted by Gasteiger charge is -2.32. The maximum atomic E-state index is 12.8. The maximum Gasteiger partial charge on any atom is 0.428 e. The Morgan fingerprint density at radius 3 is 2.19 bits per heavy atom. The predicted molar refractivity (Wildman–Crippen MR) is 57.2 cm³/mol. The van der Waals surface area contributed by atoms with Crippen molar-refractivity contribution in [3.05, 3.63) is 12.0 Å². The van der Waals surface area contributed by atoms with E-state index in [1.807, 2.05) is 19.6 Å². The molecule has 1 aliphatic heterocycles. The third kappa shape index (κ3) is 2.53. The monoisotopic (exact) mass is 254 g/mol. The van der Waals surface area contributed by atoms with Gasteiger partial charge in [-0.05, 0) is 26.6 Å². The molecule has 0 fully saturated rings. The standard InChI is InChI=1S/C10H17F3O2Si/c1-7-6-8(15-16(3,4)5)14-9(7,2)10(11,12)13/h6-7H,1-5H3/t7-,9+/m0/s1. The first-order valence-electron chi connectivity index (χ1n) is 5.12. The number of ether oxygens (including phenoxy) is 1. The van der Waals surface area contributed by atoms with Gasteiger partial charge in [-0.15, -0.1) is 0 Å². The van der Waals surface area contributed by atoms with Crippen LogP contribution in [0.4, 0.5) is 13.2 Å². The van der Waals surface area contributed by atoms with E-state index in [2.05, 4.69) is 0 Å². The highest BCUT2D eigenvalue weighted by Crippen LogP contribution is 2.45. The second kappa shape index (κ2) is 3.68. The SMILES string of the molecule is C[C@H]1C=C(O[Si](C)(C)C)O[C@@]1(C)C(F)(F)F. The molecular formula is C10H17F3O2Si. The minimum atomic E-state index is -4.40. The predicted octanol–water partition coefficient (Wildman–Crippen LogP) is 3.67. The summed E-state index contributed by atoms with van der Waals surface area (Å²) in [5, 5.41) is 0. The molecule has 1 heterocycles. The molecule has 0 aliphatic carbocycles. The summed E-state index contributed by atoms with van der Waals surface area (Å²) >= 11 is 0. The van der Waals surface area contributed by atoms with E-state index in [1.54, 1.807) is 0 Å². The van der Waals surface area contributed by atoms with E-state index < -0.39 is 26.0 Å². The fraction of sp³-hybridized carbons (Fsp3) is 0.800. The highest BCUT2D eigenvalue weighted by Gasteiger charge is 2.60. The van der Waals surface area contributed by atoms with E-state index in [9.17, 15) is 13.2 Å². The van der Waals surface area contributed by atoms with Gasteiger partial charge in [0.05, 0.1) is 0 Å². The quantitative estimate of drug-likeness (QED) is 0.700. The molecule has 1 aliphatic rings. The number of hydrogen-bond acceptors (Lipinski definition) is 2. The number of rotatable bonds is 2. The molecule has 1 rings (SSSR count). The Balaban J connectivity index is 2.82. The largest absolute Gasteiger partial charge is 0.520 e. The molecule has 0 aromatic carbocycles. The highest BCUT2D eigenvalue weighted by molar-refractivity contribution is 6.70. The Kier molecular flexibility index (Phi) is 3.09. The molecule has 0 spiro atoms. The third-order valence-electron chi connectivity index (χ3n) is 2.54. The summed E-state index contributed by atoms with van der Waals surface area (Å²) in [5.41, 5.74) is -2.16. The molecule has 6 heteroatoms. The molecule has 0 amide bonds. The van der Waals surface area contributed by atoms with E-state index in [4.69, 9.17) is 9.16 Å². The van der Waals surface area contributed by atoms with Gasteiger partial charge in [-0.1, -0.05) is 6.92 Å². The van der Waals surface area contributed by atoms with E-state index in [0.29, 0.717) is 0 Å². The van der Waals surface area contributed by atoms with Gasteiger partial charge in [0.25, 0.3) is 5.95 Å². The zero-order chi connectivity index (χ0) is 12.8. The molecule has 0 saturated heterocycles. The molecule has 0 radical (unpaired) electrons. The molecule has 2 nitrogen and oxygen atoms in total. The summed E-state index contributed by atoms with van der Waals surface area (Å²) in [7, 11) is -1.93. The van der Waals surface area contributed by atoms with Crippen molar-refractivity contribution in [1.29, 1.82) is 0 Å². The average molecular weight is 254 g/mol. The molecule has 0 aromatic heterocycles. The van der Waals surface area contributed by atoms with Gasteiger partial charge in [0.1, 0.15) is 0 Å². The van der Waals surface area contributed by atoms with E-state index in [-0.39, 0.29) is 5.95 Å². The van der Waals surface area contributed by atoms with Gasteiger partial charge in [0.15, 0.2) is 0 Å². The molecule has 94 valence electrons. The summed E-state index contributed by atoms with van der Waals surface area (Å²) < 4.78 is 48.8. The second-order valence-corrected chi connectivity index (χ2v) is 9.62. The van der Waals surface area contributed by atoms with Crippen LogP contribution in [0.2, 0.25) is 19.6 Å². The summed E-state index contributed by atoms with van der Waals surface area (Å²) in [5.74, 6) is -0.717. The first kappa shape index (κ1) is 13.4. The Labute approximate surface area is 94.6 Å². The van der Waals surface area contributed by atoms with Gasteiger partial charge in [0, 0.05) is 12.0 Å². The summed E-state index contributed by atoms with van der Waals surface area (Å²) in [6, 6.07) is 0. The molecule has 2 atom stereocenters. The average Bonchev–Trinajstić information content (AvgIpc) is 2.22. The lowest BCUT2D eigenvalue weighted by atomic mass is 9.92. The molecule has 0 unspecified atom stereocenters. The number of hydrogen-bond donors (Lipinski definition) is 0. The molecule has 0 saturated carbocycles. The minimum Gasteiger partial charge on any atom is -0.520 e. The zero-order valence-corrected chi connectivity index (χ0v) is 11.1. The van der Waals surface area contributed by atoms with Gasteiger partial charge >= 0.3 is 6.18 Å². The molecular weight excluding hydrogens is 237 g/mol. The zero-order valence-electron chi connectivity index (χ0n) is 10.1. The van der Waals surface area contributed by atoms with Crippen molar-refractivity contribution in [2.45, 2.75) is 45.3 Å². The topological polar surface area (TPSA) is 18.5 Å². The van der Waals surface area contributed by atoms with Crippen molar-refractivity contribution in [2.75, 3.05) is 0 Å². The first-order chi connectivity index (χ1) is 6.96. The van der Waals surface area contributed by atoms with Gasteiger partial charge in [0.2, 0.25) is 13.9 Å². The second-order valence-electron chi connectivity index (χ2n) is 5.20. The van der Waals surface area contributed by atoms with Crippen LogP contribution in [-0.2, 0) is 9.16 Å². The van der Waals surface area contributed by atoms with Crippen molar-refractivity contribution in [3.63, 3.8) is 0 Å². The van der Waals surface area contributed by atoms with Gasteiger partial charge in [-0.25, -0.2) is 0 Å².